The zero-order valence-electron chi connectivity index (χ0n) is 27.7. The molecule has 4 rings (SSSR count). The third-order valence-electron chi connectivity index (χ3n) is 7.71. The number of carbonyl (C=O) groups is 1. The molecule has 0 fully saturated rings. The van der Waals surface area contributed by atoms with Crippen molar-refractivity contribution in [3.63, 3.8) is 0 Å². The first kappa shape index (κ1) is 37.0. The number of nitrogens with zero attached hydrogens (tertiary/aromatic N) is 2. The quantitative estimate of drug-likeness (QED) is 0.114. The van der Waals surface area contributed by atoms with Crippen LogP contribution in [0, 0.1) is 11.6 Å². The van der Waals surface area contributed by atoms with Crippen LogP contribution in [0.2, 0.25) is 0 Å². The van der Waals surface area contributed by atoms with Gasteiger partial charge >= 0.3 is 0 Å². The zero-order chi connectivity index (χ0) is 35.6. The Kier molecular flexibility index (Phi) is 12.8. The summed E-state index contributed by atoms with van der Waals surface area (Å²) >= 11 is 0. The van der Waals surface area contributed by atoms with E-state index < -0.39 is 39.7 Å². The van der Waals surface area contributed by atoms with Gasteiger partial charge in [0.1, 0.15) is 24.0 Å². The molecule has 4 aromatic carbocycles. The van der Waals surface area contributed by atoms with E-state index in [1.807, 2.05) is 48.5 Å². The number of aliphatic hydroxyl groups is 1. The highest BCUT2D eigenvalue weighted by atomic mass is 32.2. The molecule has 0 saturated carbocycles. The average Bonchev–Trinajstić information content (AvgIpc) is 3.07. The third kappa shape index (κ3) is 11.1. The van der Waals surface area contributed by atoms with Gasteiger partial charge in [0.25, 0.3) is 5.91 Å². The van der Waals surface area contributed by atoms with E-state index in [1.54, 1.807) is 26.2 Å². The summed E-state index contributed by atoms with van der Waals surface area (Å²) in [7, 11) is -0.799. The number of aliphatic hydroxyl groups excluding tert-OH is 1. The molecule has 0 aliphatic rings. The first-order valence-electron chi connectivity index (χ1n) is 15.4. The highest BCUT2D eigenvalue weighted by Crippen LogP contribution is 2.22. The van der Waals surface area contributed by atoms with Crippen molar-refractivity contribution in [3.05, 3.63) is 130 Å². The van der Waals surface area contributed by atoms with Crippen LogP contribution in [0.4, 0.5) is 14.5 Å². The Morgan fingerprint density at radius 3 is 2.27 bits per heavy atom. The van der Waals surface area contributed by atoms with Gasteiger partial charge in [-0.05, 0) is 72.5 Å². The van der Waals surface area contributed by atoms with Crippen molar-refractivity contribution in [2.75, 3.05) is 31.3 Å². The summed E-state index contributed by atoms with van der Waals surface area (Å²) in [6, 6.07) is 23.2. The number of rotatable bonds is 16. The van der Waals surface area contributed by atoms with E-state index in [0.717, 1.165) is 39.9 Å². The molecule has 0 aromatic heterocycles. The van der Waals surface area contributed by atoms with Crippen LogP contribution in [0.25, 0.3) is 0 Å². The fourth-order valence-corrected chi connectivity index (χ4v) is 5.45. The maximum absolute atomic E-state index is 14.1. The Morgan fingerprint density at radius 2 is 1.59 bits per heavy atom. The van der Waals surface area contributed by atoms with Crippen LogP contribution in [0.5, 0.6) is 5.75 Å². The molecule has 0 aliphatic heterocycles. The van der Waals surface area contributed by atoms with E-state index in [0.29, 0.717) is 23.6 Å². The minimum atomic E-state index is -3.71. The number of carbonyl (C=O) groups excluding carboxylic acids is 1. The van der Waals surface area contributed by atoms with E-state index in [1.165, 1.54) is 19.2 Å². The number of nitrogens with one attached hydrogen (secondary N) is 2. The van der Waals surface area contributed by atoms with Crippen LogP contribution in [0.3, 0.4) is 0 Å². The van der Waals surface area contributed by atoms with Gasteiger partial charge in [0.05, 0.1) is 36.9 Å². The van der Waals surface area contributed by atoms with E-state index in [9.17, 15) is 27.1 Å². The van der Waals surface area contributed by atoms with Crippen LogP contribution < -0.4 is 19.7 Å². The van der Waals surface area contributed by atoms with Crippen molar-refractivity contribution in [1.82, 2.24) is 10.6 Å². The Morgan fingerprint density at radius 1 is 0.918 bits per heavy atom. The SMILES string of the molecule is COc1cccc(CNC[C@@H](O)[C@H](Cc2cc(F)cc(F)c2)NC(=O)c2cc(C(C)=NOCc3ccccc3)cc(N(C)S(C)(=O)=O)c2)c1. The summed E-state index contributed by atoms with van der Waals surface area (Å²) in [6.07, 6.45) is -0.268. The number of hydrogen-bond donors (Lipinski definition) is 3. The van der Waals surface area contributed by atoms with Crippen LogP contribution >= 0.6 is 0 Å². The van der Waals surface area contributed by atoms with Gasteiger partial charge in [-0.3, -0.25) is 9.10 Å². The van der Waals surface area contributed by atoms with Crippen molar-refractivity contribution in [2.45, 2.75) is 38.6 Å². The molecule has 4 aromatic rings. The predicted octanol–water partition coefficient (Wildman–Crippen LogP) is 4.80. The summed E-state index contributed by atoms with van der Waals surface area (Å²) < 4.78 is 59.4. The van der Waals surface area contributed by atoms with E-state index in [4.69, 9.17) is 9.57 Å². The van der Waals surface area contributed by atoms with Crippen LogP contribution in [-0.2, 0) is 34.4 Å². The fraction of sp³-hybridized carbons (Fsp3) is 0.278. The lowest BCUT2D eigenvalue weighted by molar-refractivity contribution is 0.0829. The molecule has 260 valence electrons. The molecule has 0 heterocycles. The van der Waals surface area contributed by atoms with Crippen molar-refractivity contribution in [3.8, 4) is 5.75 Å². The lowest BCUT2D eigenvalue weighted by atomic mass is 9.99. The summed E-state index contributed by atoms with van der Waals surface area (Å²) in [5, 5.41) is 21.4. The largest absolute Gasteiger partial charge is 0.497 e. The molecule has 0 spiro atoms. The standard InChI is InChI=1S/C36H40F2N4O6S/c1-24(41-48-23-25-9-6-5-7-10-25)28-17-29(19-32(18-28)42(2)49(4,45)46)36(44)40-34(16-27-13-30(37)20-31(38)14-27)35(43)22-39-21-26-11-8-12-33(15-26)47-3/h5-15,17-20,34-35,39,43H,16,21-23H2,1-4H3,(H,40,44)/t34-,35+/m0/s1. The second-order valence-corrected chi connectivity index (χ2v) is 13.6. The molecule has 0 unspecified atom stereocenters. The number of halogens is 2. The lowest BCUT2D eigenvalue weighted by Crippen LogP contribution is -2.48. The van der Waals surface area contributed by atoms with E-state index in [-0.39, 0.29) is 36.4 Å². The molecule has 2 atom stereocenters. The molecule has 49 heavy (non-hydrogen) atoms. The Hall–Kier alpha value is -4.85. The Balaban J connectivity index is 1.60. The Bertz CT molecular complexity index is 1850. The predicted molar refractivity (Wildman–Crippen MR) is 185 cm³/mol. The number of benzene rings is 4. The molecule has 0 bridgehead atoms. The van der Waals surface area contributed by atoms with Gasteiger partial charge < -0.3 is 25.3 Å². The summed E-state index contributed by atoms with van der Waals surface area (Å²) in [5.74, 6) is -1.58. The number of anilines is 1. The first-order chi connectivity index (χ1) is 23.3. The summed E-state index contributed by atoms with van der Waals surface area (Å²) in [4.78, 5) is 19.3. The highest BCUT2D eigenvalue weighted by molar-refractivity contribution is 7.92. The van der Waals surface area contributed by atoms with Gasteiger partial charge in [-0.1, -0.05) is 47.6 Å². The van der Waals surface area contributed by atoms with Gasteiger partial charge in [-0.25, -0.2) is 17.2 Å². The average molecular weight is 695 g/mol. The fourth-order valence-electron chi connectivity index (χ4n) is 4.96. The minimum Gasteiger partial charge on any atom is -0.497 e. The van der Waals surface area contributed by atoms with Gasteiger partial charge in [-0.15, -0.1) is 0 Å². The molecular weight excluding hydrogens is 654 g/mol. The number of oxime groups is 1. The van der Waals surface area contributed by atoms with Gasteiger partial charge in [0.2, 0.25) is 10.0 Å². The molecule has 0 saturated heterocycles. The molecular formula is C36H40F2N4O6S. The zero-order valence-corrected chi connectivity index (χ0v) is 28.5. The first-order valence-corrected chi connectivity index (χ1v) is 17.2. The molecule has 0 radical (unpaired) electrons. The topological polar surface area (TPSA) is 130 Å². The molecule has 3 N–H and O–H groups in total. The maximum Gasteiger partial charge on any atom is 0.251 e. The normalized spacial score (nSPS) is 13.0. The van der Waals surface area contributed by atoms with Crippen LogP contribution in [-0.4, -0.2) is 64.2 Å². The lowest BCUT2D eigenvalue weighted by Gasteiger charge is -2.26. The minimum absolute atomic E-state index is 0.0204. The number of ether oxygens (including phenoxy) is 1. The number of amides is 1. The number of methoxy groups -OCH3 is 1. The van der Waals surface area contributed by atoms with E-state index in [2.05, 4.69) is 15.8 Å². The second kappa shape index (κ2) is 17.0. The summed E-state index contributed by atoms with van der Waals surface area (Å²) in [5.41, 5.74) is 3.05. The summed E-state index contributed by atoms with van der Waals surface area (Å²) in [6.45, 7) is 2.25. The highest BCUT2D eigenvalue weighted by Gasteiger charge is 2.25. The van der Waals surface area contributed by atoms with Gasteiger partial charge in [0.15, 0.2) is 0 Å². The van der Waals surface area contributed by atoms with Crippen molar-refractivity contribution in [2.24, 2.45) is 5.16 Å². The molecule has 13 heteroatoms. The molecule has 10 nitrogen and oxygen atoms in total. The van der Waals surface area contributed by atoms with Gasteiger partial charge in [-0.2, -0.15) is 0 Å². The van der Waals surface area contributed by atoms with Crippen molar-refractivity contribution < 1.29 is 36.7 Å². The van der Waals surface area contributed by atoms with Crippen LogP contribution in [0.1, 0.15) is 39.5 Å². The monoisotopic (exact) mass is 694 g/mol. The van der Waals surface area contributed by atoms with Crippen molar-refractivity contribution in [1.29, 1.82) is 0 Å². The van der Waals surface area contributed by atoms with E-state index >= 15 is 0 Å². The van der Waals surface area contributed by atoms with Crippen molar-refractivity contribution >= 4 is 27.3 Å². The van der Waals surface area contributed by atoms with Crippen LogP contribution in [0.15, 0.2) is 96.2 Å². The molecule has 0 aliphatic carbocycles. The smallest absolute Gasteiger partial charge is 0.251 e. The van der Waals surface area contributed by atoms with Gasteiger partial charge in [0, 0.05) is 37.3 Å². The molecule has 1 amide bonds. The third-order valence-corrected chi connectivity index (χ3v) is 8.92. The number of hydrogen-bond acceptors (Lipinski definition) is 8. The maximum atomic E-state index is 14.1. The Labute approximate surface area is 285 Å². The number of sulfonamides is 1. The second-order valence-electron chi connectivity index (χ2n) is 11.5.